The lowest BCUT2D eigenvalue weighted by molar-refractivity contribution is -0.137. The molecule has 0 aliphatic carbocycles. The number of nitrogens with zero attached hydrogens (tertiary/aromatic N) is 1. The van der Waals surface area contributed by atoms with Crippen molar-refractivity contribution < 1.29 is 18.0 Å². The van der Waals surface area contributed by atoms with E-state index >= 15 is 0 Å². The molecule has 1 aromatic rings. The molecule has 0 saturated carbocycles. The normalized spacial score (nSPS) is 20.7. The van der Waals surface area contributed by atoms with Gasteiger partial charge < -0.3 is 5.73 Å². The topological polar surface area (TPSA) is 46.3 Å². The summed E-state index contributed by atoms with van der Waals surface area (Å²) >= 11 is 0. The predicted octanol–water partition coefficient (Wildman–Crippen LogP) is 2.16. The molecule has 1 saturated heterocycles. The zero-order valence-corrected chi connectivity index (χ0v) is 10.3. The van der Waals surface area contributed by atoms with E-state index in [1.54, 1.807) is 0 Å². The Bertz CT molecular complexity index is 456. The summed E-state index contributed by atoms with van der Waals surface area (Å²) in [5.41, 5.74) is 5.38. The molecule has 1 aliphatic rings. The van der Waals surface area contributed by atoms with Gasteiger partial charge in [-0.1, -0.05) is 12.1 Å². The SMILES string of the molecule is NC(=O)[C@H]1CCCN1Cc1ccc(C(F)(F)F)cc1. The highest BCUT2D eigenvalue weighted by molar-refractivity contribution is 5.80. The van der Waals surface area contributed by atoms with Crippen LogP contribution >= 0.6 is 0 Å². The minimum atomic E-state index is -4.32. The van der Waals surface area contributed by atoms with Crippen molar-refractivity contribution in [1.29, 1.82) is 0 Å². The van der Waals surface area contributed by atoms with Gasteiger partial charge in [-0.05, 0) is 37.1 Å². The van der Waals surface area contributed by atoms with Gasteiger partial charge >= 0.3 is 6.18 Å². The molecule has 0 aromatic heterocycles. The maximum absolute atomic E-state index is 12.4. The molecule has 0 unspecified atom stereocenters. The van der Waals surface area contributed by atoms with Gasteiger partial charge in [0.25, 0.3) is 0 Å². The van der Waals surface area contributed by atoms with Crippen molar-refractivity contribution in [3.05, 3.63) is 35.4 Å². The molecule has 1 amide bonds. The Morgan fingerprint density at radius 1 is 1.32 bits per heavy atom. The van der Waals surface area contributed by atoms with Gasteiger partial charge in [0.05, 0.1) is 11.6 Å². The minimum Gasteiger partial charge on any atom is -0.368 e. The highest BCUT2D eigenvalue weighted by Gasteiger charge is 2.31. The highest BCUT2D eigenvalue weighted by Crippen LogP contribution is 2.29. The van der Waals surface area contributed by atoms with Gasteiger partial charge in [0.2, 0.25) is 5.91 Å². The van der Waals surface area contributed by atoms with Gasteiger partial charge in [-0.15, -0.1) is 0 Å². The summed E-state index contributed by atoms with van der Waals surface area (Å²) < 4.78 is 37.3. The standard InChI is InChI=1S/C13H15F3N2O/c14-13(15,16)10-5-3-9(4-6-10)8-18-7-1-2-11(18)12(17)19/h3-6,11H,1-2,7-8H2,(H2,17,19)/t11-/m1/s1. The van der Waals surface area contributed by atoms with Crippen molar-refractivity contribution in [2.24, 2.45) is 5.73 Å². The number of halogens is 3. The highest BCUT2D eigenvalue weighted by atomic mass is 19.4. The van der Waals surface area contributed by atoms with E-state index in [0.29, 0.717) is 6.54 Å². The number of primary amides is 1. The number of hydrogen-bond acceptors (Lipinski definition) is 2. The number of alkyl halides is 3. The zero-order chi connectivity index (χ0) is 14.0. The second-order valence-electron chi connectivity index (χ2n) is 4.73. The largest absolute Gasteiger partial charge is 0.416 e. The maximum atomic E-state index is 12.4. The first kappa shape index (κ1) is 13.9. The fourth-order valence-electron chi connectivity index (χ4n) is 2.37. The zero-order valence-electron chi connectivity index (χ0n) is 10.3. The first-order chi connectivity index (χ1) is 8.88. The molecule has 3 nitrogen and oxygen atoms in total. The molecule has 1 heterocycles. The lowest BCUT2D eigenvalue weighted by atomic mass is 10.1. The third-order valence-corrected chi connectivity index (χ3v) is 3.36. The Hall–Kier alpha value is -1.56. The number of nitrogens with two attached hydrogens (primary N) is 1. The van der Waals surface area contributed by atoms with Crippen LogP contribution in [0.2, 0.25) is 0 Å². The molecule has 1 aromatic carbocycles. The number of hydrogen-bond donors (Lipinski definition) is 1. The van der Waals surface area contributed by atoms with Crippen LogP contribution in [0.3, 0.4) is 0 Å². The van der Waals surface area contributed by atoms with Crippen molar-refractivity contribution >= 4 is 5.91 Å². The van der Waals surface area contributed by atoms with Gasteiger partial charge in [-0.2, -0.15) is 13.2 Å². The van der Waals surface area contributed by atoms with E-state index in [-0.39, 0.29) is 11.9 Å². The number of amides is 1. The quantitative estimate of drug-likeness (QED) is 0.916. The fraction of sp³-hybridized carbons (Fsp3) is 0.462. The van der Waals surface area contributed by atoms with Crippen LogP contribution in [0.4, 0.5) is 13.2 Å². The number of carbonyl (C=O) groups is 1. The number of rotatable bonds is 3. The lowest BCUT2D eigenvalue weighted by Crippen LogP contribution is -2.39. The van der Waals surface area contributed by atoms with Crippen molar-refractivity contribution in [3.63, 3.8) is 0 Å². The second kappa shape index (κ2) is 5.21. The molecule has 6 heteroatoms. The fourth-order valence-corrected chi connectivity index (χ4v) is 2.37. The first-order valence-electron chi connectivity index (χ1n) is 6.07. The molecule has 0 bridgehead atoms. The van der Waals surface area contributed by atoms with Crippen LogP contribution in [0.25, 0.3) is 0 Å². The van der Waals surface area contributed by atoms with Gasteiger partial charge in [0, 0.05) is 6.54 Å². The van der Waals surface area contributed by atoms with E-state index in [2.05, 4.69) is 0 Å². The molecule has 19 heavy (non-hydrogen) atoms. The van der Waals surface area contributed by atoms with Gasteiger partial charge in [-0.3, -0.25) is 9.69 Å². The molecule has 1 fully saturated rings. The van der Waals surface area contributed by atoms with Gasteiger partial charge in [-0.25, -0.2) is 0 Å². The Labute approximate surface area is 109 Å². The smallest absolute Gasteiger partial charge is 0.368 e. The van der Waals surface area contributed by atoms with Gasteiger partial charge in [0.15, 0.2) is 0 Å². The van der Waals surface area contributed by atoms with Crippen molar-refractivity contribution in [1.82, 2.24) is 4.90 Å². The number of carbonyl (C=O) groups excluding carboxylic acids is 1. The van der Waals surface area contributed by atoms with E-state index < -0.39 is 11.7 Å². The Morgan fingerprint density at radius 3 is 2.47 bits per heavy atom. The van der Waals surface area contributed by atoms with Crippen LogP contribution in [-0.4, -0.2) is 23.4 Å². The summed E-state index contributed by atoms with van der Waals surface area (Å²) in [6.45, 7) is 1.19. The summed E-state index contributed by atoms with van der Waals surface area (Å²) in [6.07, 6.45) is -2.72. The van der Waals surface area contributed by atoms with E-state index in [4.69, 9.17) is 5.73 Å². The molecular weight excluding hydrogens is 257 g/mol. The summed E-state index contributed by atoms with van der Waals surface area (Å²) in [5, 5.41) is 0. The third kappa shape index (κ3) is 3.26. The van der Waals surface area contributed by atoms with E-state index in [0.717, 1.165) is 37.1 Å². The lowest BCUT2D eigenvalue weighted by Gasteiger charge is -2.21. The van der Waals surface area contributed by atoms with Gasteiger partial charge in [0.1, 0.15) is 0 Å². The Morgan fingerprint density at radius 2 is 1.95 bits per heavy atom. The minimum absolute atomic E-state index is 0.303. The number of benzene rings is 1. The second-order valence-corrected chi connectivity index (χ2v) is 4.73. The molecule has 104 valence electrons. The molecule has 2 rings (SSSR count). The van der Waals surface area contributed by atoms with Crippen LogP contribution in [0.15, 0.2) is 24.3 Å². The van der Waals surface area contributed by atoms with Crippen LogP contribution < -0.4 is 5.73 Å². The monoisotopic (exact) mass is 272 g/mol. The summed E-state index contributed by atoms with van der Waals surface area (Å²) in [6, 6.07) is 4.70. The average Bonchev–Trinajstić information content (AvgIpc) is 2.77. The van der Waals surface area contributed by atoms with Crippen molar-refractivity contribution in [2.45, 2.75) is 31.6 Å². The van der Waals surface area contributed by atoms with E-state index in [1.165, 1.54) is 12.1 Å². The molecule has 2 N–H and O–H groups in total. The molecule has 1 aliphatic heterocycles. The number of likely N-dealkylation sites (tertiary alicyclic amines) is 1. The summed E-state index contributed by atoms with van der Waals surface area (Å²) in [7, 11) is 0. The van der Waals surface area contributed by atoms with Crippen LogP contribution in [0, 0.1) is 0 Å². The first-order valence-corrected chi connectivity index (χ1v) is 6.07. The molecular formula is C13H15F3N2O. The molecule has 0 radical (unpaired) electrons. The average molecular weight is 272 g/mol. The van der Waals surface area contributed by atoms with Crippen LogP contribution in [0.1, 0.15) is 24.0 Å². The third-order valence-electron chi connectivity index (χ3n) is 3.36. The van der Waals surface area contributed by atoms with Crippen LogP contribution in [-0.2, 0) is 17.5 Å². The summed E-state index contributed by atoms with van der Waals surface area (Å²) in [5.74, 6) is -0.371. The van der Waals surface area contributed by atoms with Crippen molar-refractivity contribution in [3.8, 4) is 0 Å². The summed E-state index contributed by atoms with van der Waals surface area (Å²) in [4.78, 5) is 13.1. The Kier molecular flexibility index (Phi) is 3.80. The van der Waals surface area contributed by atoms with Crippen LogP contribution in [0.5, 0.6) is 0 Å². The maximum Gasteiger partial charge on any atom is 0.416 e. The van der Waals surface area contributed by atoms with E-state index in [9.17, 15) is 18.0 Å². The molecule has 1 atom stereocenters. The van der Waals surface area contributed by atoms with Crippen molar-refractivity contribution in [2.75, 3.05) is 6.54 Å². The Balaban J connectivity index is 2.06. The molecule has 0 spiro atoms. The van der Waals surface area contributed by atoms with E-state index in [1.807, 2.05) is 4.90 Å². The predicted molar refractivity (Wildman–Crippen MR) is 64.1 cm³/mol.